The zero-order valence-corrected chi connectivity index (χ0v) is 9.75. The molecule has 0 amide bonds. The number of nitrogens with two attached hydrogens (primary N) is 1. The zero-order chi connectivity index (χ0) is 13.3. The van der Waals surface area contributed by atoms with Gasteiger partial charge in [-0.2, -0.15) is 0 Å². The SMILES string of the molecule is Cc1ccc(C(N)c2cccc(F)c2F)cc1F. The highest BCUT2D eigenvalue weighted by atomic mass is 19.2. The first-order valence-corrected chi connectivity index (χ1v) is 5.46. The average Bonchev–Trinajstić information content (AvgIpc) is 2.35. The Hall–Kier alpha value is -1.81. The van der Waals surface area contributed by atoms with E-state index in [1.54, 1.807) is 19.1 Å². The standard InChI is InChI=1S/C14H12F3N/c1-8-5-6-9(7-12(8)16)14(18)10-3-2-4-11(15)13(10)17/h2-7,14H,18H2,1H3. The maximum Gasteiger partial charge on any atom is 0.163 e. The molecule has 0 radical (unpaired) electrons. The third kappa shape index (κ3) is 2.24. The van der Waals surface area contributed by atoms with Gasteiger partial charge in [0.2, 0.25) is 0 Å². The van der Waals surface area contributed by atoms with Crippen molar-refractivity contribution in [1.82, 2.24) is 0 Å². The maximum atomic E-state index is 13.6. The Morgan fingerprint density at radius 2 is 1.72 bits per heavy atom. The molecule has 0 aliphatic carbocycles. The van der Waals surface area contributed by atoms with Gasteiger partial charge in [0.05, 0.1) is 6.04 Å². The fraction of sp³-hybridized carbons (Fsp3) is 0.143. The summed E-state index contributed by atoms with van der Waals surface area (Å²) in [7, 11) is 0. The minimum Gasteiger partial charge on any atom is -0.320 e. The molecule has 0 bridgehead atoms. The fourth-order valence-corrected chi connectivity index (χ4v) is 1.74. The lowest BCUT2D eigenvalue weighted by atomic mass is 9.98. The number of hydrogen-bond donors (Lipinski definition) is 1. The van der Waals surface area contributed by atoms with Gasteiger partial charge in [-0.25, -0.2) is 13.2 Å². The average molecular weight is 251 g/mol. The number of aryl methyl sites for hydroxylation is 1. The Kier molecular flexibility index (Phi) is 3.39. The highest BCUT2D eigenvalue weighted by molar-refractivity contribution is 5.34. The van der Waals surface area contributed by atoms with Crippen LogP contribution < -0.4 is 5.73 Å². The van der Waals surface area contributed by atoms with Crippen molar-refractivity contribution in [2.75, 3.05) is 0 Å². The molecule has 0 aliphatic rings. The van der Waals surface area contributed by atoms with Crippen LogP contribution in [0.15, 0.2) is 36.4 Å². The first kappa shape index (κ1) is 12.6. The van der Waals surface area contributed by atoms with E-state index in [0.717, 1.165) is 6.07 Å². The molecule has 0 saturated carbocycles. The van der Waals surface area contributed by atoms with E-state index >= 15 is 0 Å². The van der Waals surface area contributed by atoms with Crippen LogP contribution in [0.4, 0.5) is 13.2 Å². The third-order valence-corrected chi connectivity index (χ3v) is 2.87. The van der Waals surface area contributed by atoms with Crippen LogP contribution in [0.3, 0.4) is 0 Å². The molecule has 0 aromatic heterocycles. The molecule has 4 heteroatoms. The van der Waals surface area contributed by atoms with E-state index in [1.165, 1.54) is 18.2 Å². The molecule has 2 N–H and O–H groups in total. The molecule has 18 heavy (non-hydrogen) atoms. The molecule has 0 spiro atoms. The molecule has 0 heterocycles. The number of hydrogen-bond acceptors (Lipinski definition) is 1. The lowest BCUT2D eigenvalue weighted by Gasteiger charge is -2.14. The summed E-state index contributed by atoms with van der Waals surface area (Å²) >= 11 is 0. The second kappa shape index (κ2) is 4.82. The quantitative estimate of drug-likeness (QED) is 0.869. The Balaban J connectivity index is 2.44. The van der Waals surface area contributed by atoms with E-state index in [0.29, 0.717) is 11.1 Å². The molecule has 1 nitrogen and oxygen atoms in total. The summed E-state index contributed by atoms with van der Waals surface area (Å²) in [5.74, 6) is -2.37. The van der Waals surface area contributed by atoms with Gasteiger partial charge in [-0.3, -0.25) is 0 Å². The van der Waals surface area contributed by atoms with Crippen molar-refractivity contribution in [2.24, 2.45) is 5.73 Å². The van der Waals surface area contributed by atoms with Gasteiger partial charge in [0, 0.05) is 5.56 Å². The van der Waals surface area contributed by atoms with Gasteiger partial charge >= 0.3 is 0 Å². The van der Waals surface area contributed by atoms with Gasteiger partial charge in [-0.15, -0.1) is 0 Å². The molecule has 94 valence electrons. The number of benzene rings is 2. The van der Waals surface area contributed by atoms with E-state index in [-0.39, 0.29) is 5.56 Å². The molecule has 1 atom stereocenters. The molecular weight excluding hydrogens is 239 g/mol. The lowest BCUT2D eigenvalue weighted by molar-refractivity contribution is 0.494. The molecule has 0 aliphatic heterocycles. The number of halogens is 3. The molecule has 0 fully saturated rings. The van der Waals surface area contributed by atoms with Gasteiger partial charge in [0.25, 0.3) is 0 Å². The Morgan fingerprint density at radius 3 is 2.39 bits per heavy atom. The molecular formula is C14H12F3N. The zero-order valence-electron chi connectivity index (χ0n) is 9.75. The van der Waals surface area contributed by atoms with Crippen LogP contribution in [0.2, 0.25) is 0 Å². The summed E-state index contributed by atoms with van der Waals surface area (Å²) in [6.07, 6.45) is 0. The van der Waals surface area contributed by atoms with Gasteiger partial charge in [-0.05, 0) is 30.2 Å². The van der Waals surface area contributed by atoms with Crippen LogP contribution in [-0.2, 0) is 0 Å². The van der Waals surface area contributed by atoms with Gasteiger partial charge < -0.3 is 5.73 Å². The Labute approximate surface area is 103 Å². The fourth-order valence-electron chi connectivity index (χ4n) is 1.74. The Morgan fingerprint density at radius 1 is 1.00 bits per heavy atom. The molecule has 2 aromatic rings. The van der Waals surface area contributed by atoms with Crippen LogP contribution in [0.25, 0.3) is 0 Å². The van der Waals surface area contributed by atoms with Crippen LogP contribution in [0, 0.1) is 24.4 Å². The summed E-state index contributed by atoms with van der Waals surface area (Å²) in [5, 5.41) is 0. The van der Waals surface area contributed by atoms with Crippen molar-refractivity contribution >= 4 is 0 Å². The van der Waals surface area contributed by atoms with Gasteiger partial charge in [0.15, 0.2) is 11.6 Å². The van der Waals surface area contributed by atoms with E-state index in [9.17, 15) is 13.2 Å². The summed E-state index contributed by atoms with van der Waals surface area (Å²) in [5.41, 5.74) is 6.73. The van der Waals surface area contributed by atoms with Crippen molar-refractivity contribution in [2.45, 2.75) is 13.0 Å². The minimum absolute atomic E-state index is 0.0123. The van der Waals surface area contributed by atoms with Crippen molar-refractivity contribution in [3.63, 3.8) is 0 Å². The van der Waals surface area contributed by atoms with E-state index in [2.05, 4.69) is 0 Å². The van der Waals surface area contributed by atoms with Crippen LogP contribution >= 0.6 is 0 Å². The second-order valence-electron chi connectivity index (χ2n) is 4.13. The normalized spacial score (nSPS) is 12.5. The maximum absolute atomic E-state index is 13.6. The predicted molar refractivity (Wildman–Crippen MR) is 63.5 cm³/mol. The van der Waals surface area contributed by atoms with Crippen molar-refractivity contribution in [3.05, 3.63) is 70.5 Å². The van der Waals surface area contributed by atoms with E-state index in [1.807, 2.05) is 0 Å². The smallest absolute Gasteiger partial charge is 0.163 e. The van der Waals surface area contributed by atoms with Crippen molar-refractivity contribution in [1.29, 1.82) is 0 Å². The van der Waals surface area contributed by atoms with E-state index in [4.69, 9.17) is 5.73 Å². The second-order valence-corrected chi connectivity index (χ2v) is 4.13. The molecule has 2 aromatic carbocycles. The van der Waals surface area contributed by atoms with Crippen molar-refractivity contribution < 1.29 is 13.2 Å². The predicted octanol–water partition coefficient (Wildman–Crippen LogP) is 3.46. The van der Waals surface area contributed by atoms with E-state index < -0.39 is 23.5 Å². The van der Waals surface area contributed by atoms with Gasteiger partial charge in [0.1, 0.15) is 5.82 Å². The summed E-state index contributed by atoms with van der Waals surface area (Å²) < 4.78 is 40.1. The molecule has 2 rings (SSSR count). The lowest BCUT2D eigenvalue weighted by Crippen LogP contribution is -2.14. The van der Waals surface area contributed by atoms with Crippen molar-refractivity contribution in [3.8, 4) is 0 Å². The first-order chi connectivity index (χ1) is 8.50. The minimum atomic E-state index is -0.994. The third-order valence-electron chi connectivity index (χ3n) is 2.87. The summed E-state index contributed by atoms with van der Waals surface area (Å²) in [4.78, 5) is 0. The highest BCUT2D eigenvalue weighted by Crippen LogP contribution is 2.24. The molecule has 0 saturated heterocycles. The van der Waals surface area contributed by atoms with Crippen LogP contribution in [-0.4, -0.2) is 0 Å². The topological polar surface area (TPSA) is 26.0 Å². The highest BCUT2D eigenvalue weighted by Gasteiger charge is 2.17. The summed E-state index contributed by atoms with van der Waals surface area (Å²) in [6.45, 7) is 1.62. The molecule has 1 unspecified atom stereocenters. The number of rotatable bonds is 2. The van der Waals surface area contributed by atoms with Crippen LogP contribution in [0.1, 0.15) is 22.7 Å². The van der Waals surface area contributed by atoms with Crippen LogP contribution in [0.5, 0.6) is 0 Å². The Bertz CT molecular complexity index is 581. The first-order valence-electron chi connectivity index (χ1n) is 5.46. The largest absolute Gasteiger partial charge is 0.320 e. The summed E-state index contributed by atoms with van der Waals surface area (Å²) in [6, 6.07) is 7.29. The van der Waals surface area contributed by atoms with Gasteiger partial charge in [-0.1, -0.05) is 24.3 Å². The monoisotopic (exact) mass is 251 g/mol.